The van der Waals surface area contributed by atoms with E-state index in [9.17, 15) is 23.2 Å². The Morgan fingerprint density at radius 2 is 1.94 bits per heavy atom. The third-order valence-corrected chi connectivity index (χ3v) is 4.98. The molecule has 0 amide bonds. The van der Waals surface area contributed by atoms with Crippen molar-refractivity contribution in [3.05, 3.63) is 89.0 Å². The molecule has 0 spiro atoms. The number of hydrogen-bond donors (Lipinski definition) is 1. The molecule has 0 radical (unpaired) electrons. The Kier molecular flexibility index (Phi) is 6.05. The van der Waals surface area contributed by atoms with Crippen LogP contribution in [0.1, 0.15) is 27.3 Å². The predicted molar refractivity (Wildman–Crippen MR) is 115 cm³/mol. The third-order valence-electron chi connectivity index (χ3n) is 4.98. The van der Waals surface area contributed by atoms with Crippen LogP contribution >= 0.6 is 0 Å². The second-order valence-corrected chi connectivity index (χ2v) is 7.32. The molecular weight excluding hydrogens is 449 g/mol. The zero-order chi connectivity index (χ0) is 24.4. The first kappa shape index (κ1) is 22.6. The Labute approximate surface area is 191 Å². The van der Waals surface area contributed by atoms with Crippen molar-refractivity contribution in [2.45, 2.75) is 13.5 Å². The molecule has 0 bridgehead atoms. The molecule has 0 atom stereocenters. The summed E-state index contributed by atoms with van der Waals surface area (Å²) in [7, 11) is 1.18. The number of nitrogens with zero attached hydrogens (tertiary/aromatic N) is 5. The number of hydrogen-bond acceptors (Lipinski definition) is 6. The summed E-state index contributed by atoms with van der Waals surface area (Å²) in [6.45, 7) is 1.61. The van der Waals surface area contributed by atoms with Gasteiger partial charge >= 0.3 is 5.97 Å². The van der Waals surface area contributed by atoms with Gasteiger partial charge in [0, 0.05) is 11.9 Å². The lowest BCUT2D eigenvalue weighted by Gasteiger charge is -2.12. The number of nitrogens with one attached hydrogen (secondary N) is 1. The molecule has 34 heavy (non-hydrogen) atoms. The third kappa shape index (κ3) is 4.33. The van der Waals surface area contributed by atoms with E-state index >= 15 is 0 Å². The van der Waals surface area contributed by atoms with Crippen LogP contribution in [0.15, 0.2) is 49.1 Å². The highest BCUT2D eigenvalue weighted by Crippen LogP contribution is 2.26. The monoisotopic (exact) mass is 466 g/mol. The summed E-state index contributed by atoms with van der Waals surface area (Å²) in [4.78, 5) is 16.6. The number of esters is 1. The molecule has 4 aromatic rings. The molecule has 0 aliphatic rings. The van der Waals surface area contributed by atoms with Crippen LogP contribution in [0.25, 0.3) is 5.69 Å². The molecule has 0 saturated carbocycles. The minimum atomic E-state index is -1.58. The van der Waals surface area contributed by atoms with Gasteiger partial charge in [0.1, 0.15) is 6.07 Å². The van der Waals surface area contributed by atoms with Crippen molar-refractivity contribution < 1.29 is 22.7 Å². The fourth-order valence-electron chi connectivity index (χ4n) is 3.42. The Bertz CT molecular complexity index is 1410. The maximum absolute atomic E-state index is 13.6. The average molecular weight is 466 g/mol. The number of rotatable bonds is 6. The van der Waals surface area contributed by atoms with Crippen LogP contribution in [0.2, 0.25) is 0 Å². The van der Waals surface area contributed by atoms with Crippen LogP contribution in [0.4, 0.5) is 24.5 Å². The van der Waals surface area contributed by atoms with Crippen molar-refractivity contribution in [2.75, 3.05) is 12.4 Å². The van der Waals surface area contributed by atoms with Gasteiger partial charge in [0.15, 0.2) is 23.1 Å². The second-order valence-electron chi connectivity index (χ2n) is 7.32. The van der Waals surface area contributed by atoms with Gasteiger partial charge in [-0.1, -0.05) is 0 Å². The highest BCUT2D eigenvalue weighted by atomic mass is 19.2. The van der Waals surface area contributed by atoms with Gasteiger partial charge in [0.05, 0.1) is 48.8 Å². The van der Waals surface area contributed by atoms with E-state index < -0.39 is 23.4 Å². The molecule has 0 fully saturated rings. The predicted octanol–water partition coefficient (Wildman–Crippen LogP) is 4.24. The number of carbonyl (C=O) groups excluding carboxylic acids is 1. The standard InChI is InChI=1S/C23H17F3N6O2/c1-13-10-31(12-28-13)20-4-3-16(7-15(20)8-27)30-19-9-29-32(22(19)23(33)34-2)11-14-5-17(24)21(26)18(25)6-14/h3-7,9-10,12,30H,11H2,1-2H3. The van der Waals surface area contributed by atoms with Crippen molar-refractivity contribution in [3.63, 3.8) is 0 Å². The van der Waals surface area contributed by atoms with Crippen molar-refractivity contribution in [2.24, 2.45) is 0 Å². The molecule has 0 saturated heterocycles. The fourth-order valence-corrected chi connectivity index (χ4v) is 3.42. The topological polar surface area (TPSA) is 97.8 Å². The first-order valence-electron chi connectivity index (χ1n) is 9.90. The van der Waals surface area contributed by atoms with Crippen LogP contribution in [0, 0.1) is 35.7 Å². The van der Waals surface area contributed by atoms with E-state index in [0.29, 0.717) is 16.9 Å². The van der Waals surface area contributed by atoms with E-state index in [1.54, 1.807) is 35.3 Å². The van der Waals surface area contributed by atoms with E-state index in [1.165, 1.54) is 18.0 Å². The fraction of sp³-hybridized carbons (Fsp3) is 0.130. The van der Waals surface area contributed by atoms with Crippen LogP contribution in [-0.2, 0) is 11.3 Å². The number of nitriles is 1. The summed E-state index contributed by atoms with van der Waals surface area (Å²) in [6, 6.07) is 8.79. The number of carbonyl (C=O) groups is 1. The van der Waals surface area contributed by atoms with Crippen molar-refractivity contribution in [3.8, 4) is 11.8 Å². The number of aryl methyl sites for hydroxylation is 1. The molecule has 2 heterocycles. The number of ether oxygens (including phenoxy) is 1. The van der Waals surface area contributed by atoms with Gasteiger partial charge in [0.2, 0.25) is 0 Å². The van der Waals surface area contributed by atoms with Gasteiger partial charge in [-0.05, 0) is 42.8 Å². The molecule has 2 aromatic carbocycles. The number of anilines is 2. The van der Waals surface area contributed by atoms with E-state index in [2.05, 4.69) is 21.5 Å². The first-order chi connectivity index (χ1) is 16.3. The van der Waals surface area contributed by atoms with E-state index in [4.69, 9.17) is 4.74 Å². The molecule has 1 N–H and O–H groups in total. The van der Waals surface area contributed by atoms with Crippen molar-refractivity contribution in [1.29, 1.82) is 5.26 Å². The summed E-state index contributed by atoms with van der Waals surface area (Å²) in [6.07, 6.45) is 4.71. The minimum absolute atomic E-state index is 0.0274. The quantitative estimate of drug-likeness (QED) is 0.337. The average Bonchev–Trinajstić information content (AvgIpc) is 3.42. The summed E-state index contributed by atoms with van der Waals surface area (Å²) in [5.74, 6) is -5.04. The lowest BCUT2D eigenvalue weighted by Crippen LogP contribution is -2.14. The molecule has 4 rings (SSSR count). The molecule has 2 aromatic heterocycles. The van der Waals surface area contributed by atoms with Gasteiger partial charge in [-0.25, -0.2) is 22.9 Å². The number of imidazole rings is 1. The number of methoxy groups -OCH3 is 1. The summed E-state index contributed by atoms with van der Waals surface area (Å²) >= 11 is 0. The zero-order valence-electron chi connectivity index (χ0n) is 18.0. The lowest BCUT2D eigenvalue weighted by molar-refractivity contribution is 0.0588. The molecule has 0 aliphatic heterocycles. The summed E-state index contributed by atoms with van der Waals surface area (Å²) in [5, 5.41) is 16.7. The highest BCUT2D eigenvalue weighted by Gasteiger charge is 2.21. The van der Waals surface area contributed by atoms with Crippen molar-refractivity contribution >= 4 is 17.3 Å². The van der Waals surface area contributed by atoms with Gasteiger partial charge in [-0.15, -0.1) is 0 Å². The molecule has 8 nitrogen and oxygen atoms in total. The SMILES string of the molecule is COC(=O)c1c(Nc2ccc(-n3cnc(C)c3)c(C#N)c2)cnn1Cc1cc(F)c(F)c(F)c1. The largest absolute Gasteiger partial charge is 0.464 e. The van der Waals surface area contributed by atoms with E-state index in [1.807, 2.05) is 6.92 Å². The van der Waals surface area contributed by atoms with E-state index in [0.717, 1.165) is 17.8 Å². The second kappa shape index (κ2) is 9.11. The molecule has 11 heteroatoms. The first-order valence-corrected chi connectivity index (χ1v) is 9.90. The van der Waals surface area contributed by atoms with Crippen LogP contribution < -0.4 is 5.32 Å². The van der Waals surface area contributed by atoms with E-state index in [-0.39, 0.29) is 23.5 Å². The number of benzene rings is 2. The smallest absolute Gasteiger partial charge is 0.358 e. The van der Waals surface area contributed by atoms with Gasteiger partial charge in [-0.2, -0.15) is 10.4 Å². The molecule has 0 aliphatic carbocycles. The van der Waals surface area contributed by atoms with Gasteiger partial charge in [-0.3, -0.25) is 4.68 Å². The van der Waals surface area contributed by atoms with Crippen LogP contribution in [0.3, 0.4) is 0 Å². The van der Waals surface area contributed by atoms with Crippen molar-refractivity contribution in [1.82, 2.24) is 19.3 Å². The maximum atomic E-state index is 13.6. The van der Waals surface area contributed by atoms with Gasteiger partial charge < -0.3 is 14.6 Å². The maximum Gasteiger partial charge on any atom is 0.358 e. The Morgan fingerprint density at radius 1 is 1.21 bits per heavy atom. The summed E-state index contributed by atoms with van der Waals surface area (Å²) in [5.41, 5.74) is 2.53. The zero-order valence-corrected chi connectivity index (χ0v) is 18.0. The van der Waals surface area contributed by atoms with Gasteiger partial charge in [0.25, 0.3) is 0 Å². The Hall–Kier alpha value is -4.59. The minimum Gasteiger partial charge on any atom is -0.464 e. The highest BCUT2D eigenvalue weighted by molar-refractivity contribution is 5.94. The van der Waals surface area contributed by atoms with Crippen LogP contribution in [0.5, 0.6) is 0 Å². The van der Waals surface area contributed by atoms with Crippen LogP contribution in [-0.4, -0.2) is 32.4 Å². The Morgan fingerprint density at radius 3 is 2.56 bits per heavy atom. The summed E-state index contributed by atoms with van der Waals surface area (Å²) < 4.78 is 48.2. The lowest BCUT2D eigenvalue weighted by atomic mass is 10.1. The normalized spacial score (nSPS) is 10.7. The number of halogens is 3. The molecule has 172 valence electrons. The molecule has 0 unspecified atom stereocenters. The Balaban J connectivity index is 1.67. The number of aromatic nitrogens is 4. The molecular formula is C23H17F3N6O2.